The van der Waals surface area contributed by atoms with Gasteiger partial charge in [-0.25, -0.2) is 0 Å². The number of carbonyl (C=O) groups is 1. The van der Waals surface area contributed by atoms with Crippen molar-refractivity contribution in [3.8, 4) is 12.3 Å². The molecule has 4 heteroatoms. The first kappa shape index (κ1) is 18.4. The molecule has 0 aromatic rings. The third kappa shape index (κ3) is 34.2. The SMILES string of the molecule is C#CC.COC(=O)C(C)C.CP=S.[HH].[HH]. The van der Waals surface area contributed by atoms with Gasteiger partial charge >= 0.3 is 5.97 Å². The summed E-state index contributed by atoms with van der Waals surface area (Å²) in [6.07, 6.45) is 4.60. The number of rotatable bonds is 1. The quantitative estimate of drug-likeness (QED) is 0.389. The molecule has 0 aliphatic carbocycles. The standard InChI is InChI=1S/C5H10O2.C3H4.CH3PS.2H2/c1-4(2)5(6)7-3;1-3-2;1-2-3;;/h4H,1-3H3;1H,2H3;1H3;2*1H. The van der Waals surface area contributed by atoms with Gasteiger partial charge in [0, 0.05) is 2.85 Å². The molecule has 0 spiro atoms. The van der Waals surface area contributed by atoms with Gasteiger partial charge in [-0.2, -0.15) is 0 Å². The van der Waals surface area contributed by atoms with Crippen molar-refractivity contribution >= 4 is 25.1 Å². The summed E-state index contributed by atoms with van der Waals surface area (Å²) < 4.78 is 4.37. The Morgan fingerprint density at radius 1 is 1.69 bits per heavy atom. The topological polar surface area (TPSA) is 26.3 Å². The van der Waals surface area contributed by atoms with Crippen LogP contribution in [-0.4, -0.2) is 19.7 Å². The zero-order valence-corrected chi connectivity index (χ0v) is 10.5. The fourth-order valence-corrected chi connectivity index (χ4v) is 0.236. The van der Waals surface area contributed by atoms with Gasteiger partial charge in [0.2, 0.25) is 0 Å². The zero-order chi connectivity index (χ0) is 11.3. The number of esters is 1. The van der Waals surface area contributed by atoms with E-state index < -0.39 is 0 Å². The highest BCUT2D eigenvalue weighted by Gasteiger charge is 2.03. The van der Waals surface area contributed by atoms with Crippen molar-refractivity contribution < 1.29 is 12.4 Å². The molecule has 0 saturated carbocycles. The predicted molar refractivity (Wildman–Crippen MR) is 65.8 cm³/mol. The number of ether oxygens (including phenoxy) is 1. The maximum absolute atomic E-state index is 10.3. The van der Waals surface area contributed by atoms with Crippen LogP contribution >= 0.6 is 7.36 Å². The van der Waals surface area contributed by atoms with Crippen molar-refractivity contribution in [2.24, 2.45) is 5.92 Å². The molecule has 0 aliphatic rings. The molecular weight excluding hydrogens is 203 g/mol. The highest BCUT2D eigenvalue weighted by Crippen LogP contribution is 1.91. The average molecular weight is 224 g/mol. The average Bonchev–Trinajstić information content (AvgIpc) is 2.05. The minimum absolute atomic E-state index is 0. The fraction of sp³-hybridized carbons (Fsp3) is 0.667. The van der Waals surface area contributed by atoms with Gasteiger partial charge in [0.15, 0.2) is 0 Å². The van der Waals surface area contributed by atoms with E-state index in [1.807, 2.05) is 6.66 Å². The Balaban J connectivity index is -0.0000000361. The molecule has 0 rings (SSSR count). The summed E-state index contributed by atoms with van der Waals surface area (Å²) in [6, 6.07) is 0. The van der Waals surface area contributed by atoms with Crippen LogP contribution in [0.4, 0.5) is 0 Å². The Bertz CT molecular complexity index is 170. The molecule has 0 radical (unpaired) electrons. The maximum atomic E-state index is 10.3. The molecule has 0 fully saturated rings. The van der Waals surface area contributed by atoms with E-state index >= 15 is 0 Å². The van der Waals surface area contributed by atoms with Crippen LogP contribution in [0.2, 0.25) is 0 Å². The number of terminal acetylenes is 1. The lowest BCUT2D eigenvalue weighted by Gasteiger charge is -1.97. The van der Waals surface area contributed by atoms with Crippen molar-refractivity contribution in [3.63, 3.8) is 0 Å². The maximum Gasteiger partial charge on any atom is 0.308 e. The number of hydrogen-bond acceptors (Lipinski definition) is 3. The molecule has 0 N–H and O–H groups in total. The van der Waals surface area contributed by atoms with E-state index in [0.29, 0.717) is 0 Å². The molecule has 13 heavy (non-hydrogen) atoms. The normalized spacial score (nSPS) is 7.15. The summed E-state index contributed by atoms with van der Waals surface area (Å²) in [7, 11) is 2.39. The van der Waals surface area contributed by atoms with Crippen LogP contribution in [-0.2, 0) is 21.3 Å². The van der Waals surface area contributed by atoms with Crippen LogP contribution in [0.3, 0.4) is 0 Å². The summed E-state index contributed by atoms with van der Waals surface area (Å²) in [5, 5.41) is 0. The summed E-state index contributed by atoms with van der Waals surface area (Å²) in [6.45, 7) is 7.16. The van der Waals surface area contributed by atoms with Crippen LogP contribution in [0.5, 0.6) is 0 Å². The molecule has 80 valence electrons. The van der Waals surface area contributed by atoms with E-state index in [1.54, 1.807) is 20.8 Å². The molecule has 0 amide bonds. The first-order valence-electron chi connectivity index (χ1n) is 3.68. The Kier molecular flexibility index (Phi) is 24.8. The zero-order valence-electron chi connectivity index (χ0n) is 8.83. The minimum atomic E-state index is -0.153. The van der Waals surface area contributed by atoms with Gasteiger partial charge in [0.25, 0.3) is 0 Å². The Morgan fingerprint density at radius 3 is 1.92 bits per heavy atom. The summed E-state index contributed by atoms with van der Waals surface area (Å²) in [5.74, 6) is 2.10. The van der Waals surface area contributed by atoms with E-state index in [-0.39, 0.29) is 14.7 Å². The first-order chi connectivity index (χ1) is 6.01. The molecule has 0 bridgehead atoms. The lowest BCUT2D eigenvalue weighted by atomic mass is 10.2. The van der Waals surface area contributed by atoms with Crippen LogP contribution in [0, 0.1) is 18.3 Å². The molecule has 0 aliphatic heterocycles. The van der Waals surface area contributed by atoms with E-state index in [1.165, 1.54) is 7.11 Å². The molecule has 0 unspecified atom stereocenters. The minimum Gasteiger partial charge on any atom is -0.469 e. The van der Waals surface area contributed by atoms with Crippen LogP contribution in [0.25, 0.3) is 0 Å². The Hall–Kier alpha value is -0.450. The number of carbonyl (C=O) groups excluding carboxylic acids is 1. The second kappa shape index (κ2) is 17.6. The van der Waals surface area contributed by atoms with Gasteiger partial charge in [-0.3, -0.25) is 4.79 Å². The summed E-state index contributed by atoms with van der Waals surface area (Å²) in [4.78, 5) is 10.3. The first-order valence-corrected chi connectivity index (χ1v) is 6.03. The molecule has 0 aromatic carbocycles. The lowest BCUT2D eigenvalue weighted by molar-refractivity contribution is -0.144. The van der Waals surface area contributed by atoms with Gasteiger partial charge < -0.3 is 4.74 Å². The van der Waals surface area contributed by atoms with E-state index in [0.717, 1.165) is 7.36 Å². The van der Waals surface area contributed by atoms with E-state index in [9.17, 15) is 4.79 Å². The highest BCUT2D eigenvalue weighted by molar-refractivity contribution is 7.96. The smallest absolute Gasteiger partial charge is 0.308 e. The Morgan fingerprint density at radius 2 is 1.92 bits per heavy atom. The Labute approximate surface area is 90.9 Å². The van der Waals surface area contributed by atoms with Gasteiger partial charge in [0.1, 0.15) is 0 Å². The third-order valence-corrected chi connectivity index (χ3v) is 0.673. The molecule has 0 saturated heterocycles. The monoisotopic (exact) mass is 224 g/mol. The number of hydrogen-bond donors (Lipinski definition) is 0. The van der Waals surface area contributed by atoms with Gasteiger partial charge in [-0.05, 0) is 20.9 Å². The lowest BCUT2D eigenvalue weighted by Crippen LogP contribution is -2.07. The second-order valence-electron chi connectivity index (χ2n) is 2.15. The molecule has 0 atom stereocenters. The summed E-state index contributed by atoms with van der Waals surface area (Å²) >= 11 is 4.37. The van der Waals surface area contributed by atoms with Crippen molar-refractivity contribution in [2.45, 2.75) is 20.8 Å². The van der Waals surface area contributed by atoms with E-state index in [4.69, 9.17) is 0 Å². The van der Waals surface area contributed by atoms with Gasteiger partial charge in [0.05, 0.1) is 13.0 Å². The van der Waals surface area contributed by atoms with Crippen LogP contribution in [0.15, 0.2) is 0 Å². The van der Waals surface area contributed by atoms with Gasteiger partial charge in [-0.15, -0.1) is 12.3 Å². The molecule has 0 aromatic heterocycles. The van der Waals surface area contributed by atoms with Crippen molar-refractivity contribution in [1.29, 1.82) is 0 Å². The third-order valence-electron chi connectivity index (χ3n) is 0.673. The van der Waals surface area contributed by atoms with Gasteiger partial charge in [-0.1, -0.05) is 25.7 Å². The predicted octanol–water partition coefficient (Wildman–Crippen LogP) is 2.97. The fourth-order valence-electron chi connectivity index (χ4n) is 0.236. The van der Waals surface area contributed by atoms with Crippen molar-refractivity contribution in [1.82, 2.24) is 0 Å². The summed E-state index contributed by atoms with van der Waals surface area (Å²) in [5.41, 5.74) is 0. The van der Waals surface area contributed by atoms with E-state index in [2.05, 4.69) is 28.9 Å². The highest BCUT2D eigenvalue weighted by atomic mass is 32.4. The van der Waals surface area contributed by atoms with Crippen molar-refractivity contribution in [3.05, 3.63) is 0 Å². The second-order valence-corrected chi connectivity index (χ2v) is 3.61. The van der Waals surface area contributed by atoms with Crippen molar-refractivity contribution in [2.75, 3.05) is 13.8 Å². The molecule has 0 heterocycles. The van der Waals surface area contributed by atoms with Crippen LogP contribution < -0.4 is 0 Å². The van der Waals surface area contributed by atoms with Crippen LogP contribution in [0.1, 0.15) is 23.6 Å². The molecular formula is C9H21O2PS. The number of methoxy groups -OCH3 is 1. The molecule has 2 nitrogen and oxygen atoms in total. The largest absolute Gasteiger partial charge is 0.469 e.